The quantitative estimate of drug-likeness (QED) is 0.550. The molecule has 0 saturated carbocycles. The molecule has 0 unspecified atom stereocenters. The van der Waals surface area contributed by atoms with E-state index in [1.807, 2.05) is 11.8 Å². The Morgan fingerprint density at radius 3 is 2.65 bits per heavy atom. The van der Waals surface area contributed by atoms with Crippen molar-refractivity contribution in [3.63, 3.8) is 0 Å². The molecule has 1 N–H and O–H groups in total. The third-order valence-corrected chi connectivity index (χ3v) is 4.53. The van der Waals surface area contributed by atoms with E-state index in [2.05, 4.69) is 15.3 Å². The molecule has 1 fully saturated rings. The molecule has 1 aliphatic heterocycles. The average molecular weight is 439 g/mol. The Morgan fingerprint density at radius 2 is 2.00 bits per heavy atom. The van der Waals surface area contributed by atoms with E-state index in [1.165, 1.54) is 18.5 Å². The van der Waals surface area contributed by atoms with Crippen molar-refractivity contribution in [1.29, 1.82) is 0 Å². The summed E-state index contributed by atoms with van der Waals surface area (Å²) in [4.78, 5) is 24.5. The van der Waals surface area contributed by atoms with Gasteiger partial charge in [0.1, 0.15) is 0 Å². The second kappa shape index (κ2) is 10.2. The fourth-order valence-electron chi connectivity index (χ4n) is 3.05. The van der Waals surface area contributed by atoms with Crippen LogP contribution in [0.5, 0.6) is 5.88 Å². The number of nitrogens with one attached hydrogen (secondary N) is 1. The van der Waals surface area contributed by atoms with Gasteiger partial charge in [-0.05, 0) is 30.7 Å². The van der Waals surface area contributed by atoms with Gasteiger partial charge in [0.15, 0.2) is 18.3 Å². The number of halogens is 3. The van der Waals surface area contributed by atoms with Crippen molar-refractivity contribution in [1.82, 2.24) is 20.1 Å². The van der Waals surface area contributed by atoms with Crippen LogP contribution in [0.1, 0.15) is 23.0 Å². The number of ether oxygens (including phenoxy) is 1. The summed E-state index contributed by atoms with van der Waals surface area (Å²) in [6.45, 7) is 3.68. The number of nitrogens with zero attached hydrogens (tertiary/aromatic N) is 4. The van der Waals surface area contributed by atoms with Gasteiger partial charge >= 0.3 is 6.18 Å². The molecule has 168 valence electrons. The van der Waals surface area contributed by atoms with Crippen LogP contribution in [0.2, 0.25) is 0 Å². The molecule has 0 atom stereocenters. The normalized spacial score (nSPS) is 15.2. The number of hydrogen-bond donors (Lipinski definition) is 1. The summed E-state index contributed by atoms with van der Waals surface area (Å²) in [7, 11) is 0. The van der Waals surface area contributed by atoms with Gasteiger partial charge in [-0.1, -0.05) is 0 Å². The molecule has 3 heterocycles. The van der Waals surface area contributed by atoms with Crippen LogP contribution in [0.25, 0.3) is 0 Å². The fourth-order valence-corrected chi connectivity index (χ4v) is 3.05. The number of rotatable bonds is 6. The highest BCUT2D eigenvalue weighted by Crippen LogP contribution is 2.18. The second-order valence-corrected chi connectivity index (χ2v) is 6.83. The van der Waals surface area contributed by atoms with Crippen molar-refractivity contribution < 1.29 is 27.1 Å². The lowest BCUT2D eigenvalue weighted by Gasteiger charge is -2.36. The van der Waals surface area contributed by atoms with E-state index < -0.39 is 12.8 Å². The number of carbonyl (C=O) groups excluding carboxylic acids is 1. The van der Waals surface area contributed by atoms with E-state index in [9.17, 15) is 18.0 Å². The van der Waals surface area contributed by atoms with Crippen LogP contribution in [-0.4, -0.2) is 72.2 Å². The van der Waals surface area contributed by atoms with E-state index in [-0.39, 0.29) is 18.3 Å². The molecule has 0 aromatic carbocycles. The number of hydrogen-bond acceptors (Lipinski definition) is 5. The van der Waals surface area contributed by atoms with Gasteiger partial charge < -0.3 is 24.3 Å². The Hall–Kier alpha value is -3.24. The van der Waals surface area contributed by atoms with Gasteiger partial charge in [0.05, 0.1) is 12.8 Å². The summed E-state index contributed by atoms with van der Waals surface area (Å²) >= 11 is 0. The first-order valence-corrected chi connectivity index (χ1v) is 9.86. The zero-order chi connectivity index (χ0) is 22.3. The van der Waals surface area contributed by atoms with E-state index in [1.54, 1.807) is 23.1 Å². The molecule has 0 aliphatic carbocycles. The standard InChI is InChI=1S/C20H24F3N5O3/c1-2-24-19(26-13-15-5-6-25-17(12-15)31-14-20(21,22)23)28-9-7-27(8-10-28)18(29)16-4-3-11-30-16/h3-6,11-12H,2,7-10,13-14H2,1H3,(H,24,26). The summed E-state index contributed by atoms with van der Waals surface area (Å²) in [6.07, 6.45) is -1.56. The first-order chi connectivity index (χ1) is 14.9. The molecule has 2 aromatic heterocycles. The van der Waals surface area contributed by atoms with E-state index in [0.717, 1.165) is 0 Å². The maximum atomic E-state index is 12.4. The van der Waals surface area contributed by atoms with Crippen LogP contribution in [0.4, 0.5) is 13.2 Å². The number of carbonyl (C=O) groups is 1. The van der Waals surface area contributed by atoms with Crippen LogP contribution < -0.4 is 10.1 Å². The van der Waals surface area contributed by atoms with Crippen molar-refractivity contribution in [2.45, 2.75) is 19.6 Å². The Bertz CT molecular complexity index is 878. The zero-order valence-corrected chi connectivity index (χ0v) is 17.1. The summed E-state index contributed by atoms with van der Waals surface area (Å²) < 4.78 is 46.8. The molecule has 1 saturated heterocycles. The van der Waals surface area contributed by atoms with Crippen molar-refractivity contribution >= 4 is 11.9 Å². The predicted molar refractivity (Wildman–Crippen MR) is 107 cm³/mol. The van der Waals surface area contributed by atoms with Crippen LogP contribution >= 0.6 is 0 Å². The molecule has 0 bridgehead atoms. The second-order valence-electron chi connectivity index (χ2n) is 6.83. The molecule has 1 amide bonds. The fraction of sp³-hybridized carbons (Fsp3) is 0.450. The Labute approximate surface area is 177 Å². The number of aliphatic imine (C=N–C) groups is 1. The van der Waals surface area contributed by atoms with Gasteiger partial charge in [-0.2, -0.15) is 13.2 Å². The first-order valence-electron chi connectivity index (χ1n) is 9.86. The van der Waals surface area contributed by atoms with E-state index in [4.69, 9.17) is 9.15 Å². The highest BCUT2D eigenvalue weighted by molar-refractivity contribution is 5.91. The van der Waals surface area contributed by atoms with Crippen molar-refractivity contribution in [2.75, 3.05) is 39.3 Å². The van der Waals surface area contributed by atoms with Gasteiger partial charge in [-0.15, -0.1) is 0 Å². The minimum atomic E-state index is -4.42. The number of piperazine rings is 1. The zero-order valence-electron chi connectivity index (χ0n) is 17.1. The Balaban J connectivity index is 1.59. The largest absolute Gasteiger partial charge is 0.468 e. The third kappa shape index (κ3) is 6.63. The smallest absolute Gasteiger partial charge is 0.422 e. The maximum absolute atomic E-state index is 12.4. The van der Waals surface area contributed by atoms with Gasteiger partial charge in [-0.25, -0.2) is 9.98 Å². The first kappa shape index (κ1) is 22.4. The van der Waals surface area contributed by atoms with Crippen LogP contribution in [0, 0.1) is 0 Å². The number of pyridine rings is 1. The third-order valence-electron chi connectivity index (χ3n) is 4.53. The van der Waals surface area contributed by atoms with Gasteiger partial charge in [0.2, 0.25) is 5.88 Å². The number of aromatic nitrogens is 1. The number of furan rings is 1. The molecule has 8 nitrogen and oxygen atoms in total. The average Bonchev–Trinajstić information content (AvgIpc) is 3.30. The molecule has 1 aliphatic rings. The maximum Gasteiger partial charge on any atom is 0.422 e. The SMILES string of the molecule is CCNC(=NCc1ccnc(OCC(F)(F)F)c1)N1CCN(C(=O)c2ccco2)CC1. The van der Waals surface area contributed by atoms with Gasteiger partial charge in [-0.3, -0.25) is 4.79 Å². The lowest BCUT2D eigenvalue weighted by molar-refractivity contribution is -0.154. The topological polar surface area (TPSA) is 83.2 Å². The molecular weight excluding hydrogens is 415 g/mol. The minimum Gasteiger partial charge on any atom is -0.468 e. The molecular formula is C20H24F3N5O3. The number of alkyl halides is 3. The van der Waals surface area contributed by atoms with E-state index in [0.29, 0.717) is 50.0 Å². The molecule has 2 aromatic rings. The summed E-state index contributed by atoms with van der Waals surface area (Å²) in [5.41, 5.74) is 0.675. The minimum absolute atomic E-state index is 0.0971. The summed E-state index contributed by atoms with van der Waals surface area (Å²) in [5.74, 6) is 0.743. The van der Waals surface area contributed by atoms with E-state index >= 15 is 0 Å². The molecule has 3 rings (SSSR count). The Kier molecular flexibility index (Phi) is 7.37. The lowest BCUT2D eigenvalue weighted by atomic mass is 10.2. The number of guanidine groups is 1. The van der Waals surface area contributed by atoms with Crippen LogP contribution in [-0.2, 0) is 6.54 Å². The highest BCUT2D eigenvalue weighted by atomic mass is 19.4. The van der Waals surface area contributed by atoms with Crippen LogP contribution in [0.15, 0.2) is 46.1 Å². The molecule has 11 heteroatoms. The molecule has 0 spiro atoms. The number of amides is 1. The summed E-state index contributed by atoms with van der Waals surface area (Å²) in [6, 6.07) is 6.44. The highest BCUT2D eigenvalue weighted by Gasteiger charge is 2.28. The van der Waals surface area contributed by atoms with Crippen molar-refractivity contribution in [3.8, 4) is 5.88 Å². The monoisotopic (exact) mass is 439 g/mol. The molecule has 0 radical (unpaired) electrons. The Morgan fingerprint density at radius 1 is 1.26 bits per heavy atom. The van der Waals surface area contributed by atoms with Crippen molar-refractivity contribution in [3.05, 3.63) is 48.0 Å². The van der Waals surface area contributed by atoms with Gasteiger partial charge in [0, 0.05) is 45.0 Å². The van der Waals surface area contributed by atoms with Crippen molar-refractivity contribution in [2.24, 2.45) is 4.99 Å². The van der Waals surface area contributed by atoms with Gasteiger partial charge in [0.25, 0.3) is 5.91 Å². The van der Waals surface area contributed by atoms with Crippen LogP contribution in [0.3, 0.4) is 0 Å². The predicted octanol–water partition coefficient (Wildman–Crippen LogP) is 2.54. The molecule has 31 heavy (non-hydrogen) atoms. The summed E-state index contributed by atoms with van der Waals surface area (Å²) in [5, 5.41) is 3.21. The lowest BCUT2D eigenvalue weighted by Crippen LogP contribution is -2.53.